The molecule has 13 heavy (non-hydrogen) atoms. The molecule has 0 fully saturated rings. The number of primary amides is 1. The molecule has 2 rings (SSSR count). The number of thiophene rings is 1. The number of carbonyl (C=O) groups is 1. The summed E-state index contributed by atoms with van der Waals surface area (Å²) >= 11 is 1.34. The normalized spacial score (nSPS) is 10.5. The number of amides is 1. The van der Waals surface area contributed by atoms with Crippen LogP contribution in [0.25, 0.3) is 10.1 Å². The number of nitrogens with one attached hydrogen (secondary N) is 1. The quantitative estimate of drug-likeness (QED) is 0.700. The summed E-state index contributed by atoms with van der Waals surface area (Å²) in [6.45, 7) is 0. The van der Waals surface area contributed by atoms with Crippen molar-refractivity contribution >= 4 is 27.3 Å². The number of hydrogen-bond acceptors (Lipinski definition) is 3. The molecule has 3 N–H and O–H groups in total. The number of rotatable bonds is 1. The Bertz CT molecular complexity index is 526. The van der Waals surface area contributed by atoms with E-state index in [1.807, 2.05) is 0 Å². The molecule has 0 saturated heterocycles. The highest BCUT2D eigenvalue weighted by atomic mass is 32.1. The molecule has 0 saturated carbocycles. The number of aromatic nitrogens is 1. The third-order valence-corrected chi connectivity index (χ3v) is 2.71. The zero-order chi connectivity index (χ0) is 9.42. The van der Waals surface area contributed by atoms with Crippen LogP contribution in [0.5, 0.6) is 0 Å². The van der Waals surface area contributed by atoms with E-state index in [-0.39, 0.29) is 5.56 Å². The highest BCUT2D eigenvalue weighted by Crippen LogP contribution is 2.21. The third kappa shape index (κ3) is 1.13. The minimum absolute atomic E-state index is 0.271. The summed E-state index contributed by atoms with van der Waals surface area (Å²) in [5.74, 6) is -0.567. The molecule has 2 aromatic rings. The summed E-state index contributed by atoms with van der Waals surface area (Å²) in [7, 11) is 0. The number of H-pyrrole nitrogens is 1. The minimum Gasteiger partial charge on any atom is -0.366 e. The lowest BCUT2D eigenvalue weighted by Crippen LogP contribution is -2.14. The van der Waals surface area contributed by atoms with Crippen molar-refractivity contribution in [1.29, 1.82) is 0 Å². The van der Waals surface area contributed by atoms with Gasteiger partial charge in [0, 0.05) is 16.3 Å². The Labute approximate surface area is 77.0 Å². The Morgan fingerprint density at radius 2 is 2.31 bits per heavy atom. The van der Waals surface area contributed by atoms with E-state index in [1.165, 1.54) is 11.3 Å². The van der Waals surface area contributed by atoms with Crippen molar-refractivity contribution in [2.45, 2.75) is 0 Å². The van der Waals surface area contributed by atoms with E-state index in [2.05, 4.69) is 4.98 Å². The second-order valence-corrected chi connectivity index (χ2v) is 3.47. The SMILES string of the molecule is NC(=O)c1csc2cc[nH]c(=O)c12. The van der Waals surface area contributed by atoms with Gasteiger partial charge in [-0.3, -0.25) is 9.59 Å². The second kappa shape index (κ2) is 2.70. The molecule has 0 atom stereocenters. The van der Waals surface area contributed by atoms with Gasteiger partial charge in [0.05, 0.1) is 10.9 Å². The first kappa shape index (κ1) is 8.00. The lowest BCUT2D eigenvalue weighted by Gasteiger charge is -1.90. The maximum Gasteiger partial charge on any atom is 0.257 e. The summed E-state index contributed by atoms with van der Waals surface area (Å²) in [5, 5.41) is 1.99. The van der Waals surface area contributed by atoms with Crippen LogP contribution in [0.2, 0.25) is 0 Å². The number of nitrogens with two attached hydrogens (primary N) is 1. The number of carbonyl (C=O) groups excluding carboxylic acids is 1. The Kier molecular flexibility index (Phi) is 1.66. The largest absolute Gasteiger partial charge is 0.366 e. The molecule has 0 bridgehead atoms. The number of fused-ring (bicyclic) bond motifs is 1. The molecule has 4 nitrogen and oxygen atoms in total. The predicted octanol–water partition coefficient (Wildman–Crippen LogP) is 0.688. The molecule has 0 aliphatic carbocycles. The molecule has 2 heterocycles. The highest BCUT2D eigenvalue weighted by Gasteiger charge is 2.11. The molecule has 2 aromatic heterocycles. The van der Waals surface area contributed by atoms with Gasteiger partial charge in [-0.1, -0.05) is 0 Å². The highest BCUT2D eigenvalue weighted by molar-refractivity contribution is 7.17. The van der Waals surface area contributed by atoms with Crippen molar-refractivity contribution in [2.24, 2.45) is 5.73 Å². The molecule has 5 heteroatoms. The predicted molar refractivity (Wildman–Crippen MR) is 51.0 cm³/mol. The molecule has 0 aromatic carbocycles. The van der Waals surface area contributed by atoms with Crippen molar-refractivity contribution in [1.82, 2.24) is 4.98 Å². The van der Waals surface area contributed by atoms with E-state index in [4.69, 9.17) is 5.73 Å². The van der Waals surface area contributed by atoms with E-state index >= 15 is 0 Å². The van der Waals surface area contributed by atoms with Gasteiger partial charge in [0.15, 0.2) is 0 Å². The van der Waals surface area contributed by atoms with Gasteiger partial charge in [0.1, 0.15) is 0 Å². The molecule has 0 aliphatic heterocycles. The van der Waals surface area contributed by atoms with Crippen molar-refractivity contribution in [3.8, 4) is 0 Å². The average molecular weight is 194 g/mol. The molecule has 1 amide bonds. The lowest BCUT2D eigenvalue weighted by atomic mass is 10.2. The molecular formula is C8H6N2O2S. The number of pyridine rings is 1. The fourth-order valence-electron chi connectivity index (χ4n) is 1.18. The van der Waals surface area contributed by atoms with Crippen LogP contribution in [-0.2, 0) is 0 Å². The fraction of sp³-hybridized carbons (Fsp3) is 0. The zero-order valence-electron chi connectivity index (χ0n) is 6.53. The van der Waals surface area contributed by atoms with Gasteiger partial charge in [0.2, 0.25) is 5.91 Å². The van der Waals surface area contributed by atoms with Crippen LogP contribution >= 0.6 is 11.3 Å². The monoisotopic (exact) mass is 194 g/mol. The molecule has 0 spiro atoms. The van der Waals surface area contributed by atoms with Gasteiger partial charge in [-0.05, 0) is 6.07 Å². The Morgan fingerprint density at radius 3 is 3.00 bits per heavy atom. The van der Waals surface area contributed by atoms with Crippen molar-refractivity contribution < 1.29 is 4.79 Å². The van der Waals surface area contributed by atoms with Crippen LogP contribution in [0.15, 0.2) is 22.4 Å². The van der Waals surface area contributed by atoms with Gasteiger partial charge in [-0.2, -0.15) is 0 Å². The Morgan fingerprint density at radius 1 is 1.54 bits per heavy atom. The van der Waals surface area contributed by atoms with Gasteiger partial charge in [-0.15, -0.1) is 11.3 Å². The molecular weight excluding hydrogens is 188 g/mol. The van der Waals surface area contributed by atoms with Crippen LogP contribution < -0.4 is 11.3 Å². The van der Waals surface area contributed by atoms with Crippen LogP contribution in [0.1, 0.15) is 10.4 Å². The molecule has 0 unspecified atom stereocenters. The summed E-state index contributed by atoms with van der Waals surface area (Å²) in [5.41, 5.74) is 5.13. The van der Waals surface area contributed by atoms with Crippen molar-refractivity contribution in [3.63, 3.8) is 0 Å². The number of hydrogen-bond donors (Lipinski definition) is 2. The standard InChI is InChI=1S/C8H6N2O2S/c9-7(11)4-3-13-5-1-2-10-8(12)6(4)5/h1-3H,(H2,9,11)(H,10,12). The summed E-state index contributed by atoms with van der Waals surface area (Å²) in [6.07, 6.45) is 1.55. The summed E-state index contributed by atoms with van der Waals surface area (Å²) in [4.78, 5) is 24.7. The minimum atomic E-state index is -0.567. The first-order valence-corrected chi connectivity index (χ1v) is 4.47. The fourth-order valence-corrected chi connectivity index (χ4v) is 2.12. The Hall–Kier alpha value is -1.62. The van der Waals surface area contributed by atoms with Crippen LogP contribution in [0.4, 0.5) is 0 Å². The van der Waals surface area contributed by atoms with Gasteiger partial charge < -0.3 is 10.7 Å². The van der Waals surface area contributed by atoms with Crippen LogP contribution in [0, 0.1) is 0 Å². The average Bonchev–Trinajstić information content (AvgIpc) is 2.49. The summed E-state index contributed by atoms with van der Waals surface area (Å²) in [6, 6.07) is 1.74. The Balaban J connectivity index is 2.95. The van der Waals surface area contributed by atoms with Gasteiger partial charge in [0.25, 0.3) is 5.56 Å². The maximum atomic E-state index is 11.3. The summed E-state index contributed by atoms with van der Waals surface area (Å²) < 4.78 is 0.776. The van der Waals surface area contributed by atoms with E-state index in [1.54, 1.807) is 17.6 Å². The number of aromatic amines is 1. The van der Waals surface area contributed by atoms with Crippen molar-refractivity contribution in [2.75, 3.05) is 0 Å². The van der Waals surface area contributed by atoms with Gasteiger partial charge in [-0.25, -0.2) is 0 Å². The van der Waals surface area contributed by atoms with Crippen molar-refractivity contribution in [3.05, 3.63) is 33.6 Å². The first-order valence-electron chi connectivity index (χ1n) is 3.59. The molecule has 0 aliphatic rings. The van der Waals surface area contributed by atoms with E-state index in [0.29, 0.717) is 10.9 Å². The first-order chi connectivity index (χ1) is 6.20. The maximum absolute atomic E-state index is 11.3. The topological polar surface area (TPSA) is 76.0 Å². The smallest absolute Gasteiger partial charge is 0.257 e. The molecule has 66 valence electrons. The lowest BCUT2D eigenvalue weighted by molar-refractivity contribution is 0.100. The second-order valence-electron chi connectivity index (χ2n) is 2.56. The van der Waals surface area contributed by atoms with Crippen LogP contribution in [-0.4, -0.2) is 10.9 Å². The van der Waals surface area contributed by atoms with E-state index in [9.17, 15) is 9.59 Å². The molecule has 0 radical (unpaired) electrons. The van der Waals surface area contributed by atoms with E-state index < -0.39 is 5.91 Å². The van der Waals surface area contributed by atoms with E-state index in [0.717, 1.165) is 4.70 Å². The zero-order valence-corrected chi connectivity index (χ0v) is 7.35. The van der Waals surface area contributed by atoms with Crippen LogP contribution in [0.3, 0.4) is 0 Å². The van der Waals surface area contributed by atoms with Gasteiger partial charge >= 0.3 is 0 Å². The third-order valence-electron chi connectivity index (χ3n) is 1.76.